The van der Waals surface area contributed by atoms with Crippen molar-refractivity contribution >= 4 is 5.91 Å². The van der Waals surface area contributed by atoms with E-state index in [2.05, 4.69) is 22.3 Å². The molecular formula is C10H17N5O. The molecule has 1 aliphatic rings. The molecule has 1 aromatic rings. The zero-order chi connectivity index (χ0) is 11.5. The molecule has 2 atom stereocenters. The molecule has 1 N–H and O–H groups in total. The number of nitrogens with zero attached hydrogens (tertiary/aromatic N) is 4. The van der Waals surface area contributed by atoms with Crippen LogP contribution >= 0.6 is 0 Å². The molecule has 1 amide bonds. The largest absolute Gasteiger partial charge is 0.338 e. The highest BCUT2D eigenvalue weighted by molar-refractivity contribution is 5.80. The summed E-state index contributed by atoms with van der Waals surface area (Å²) in [6, 6.07) is 0.0912. The minimum atomic E-state index is -0.271. The highest BCUT2D eigenvalue weighted by Crippen LogP contribution is 2.09. The minimum absolute atomic E-state index is 0.110. The number of rotatable bonds is 2. The fraction of sp³-hybridized carbons (Fsp3) is 0.700. The third-order valence-electron chi connectivity index (χ3n) is 2.87. The lowest BCUT2D eigenvalue weighted by atomic mass is 10.2. The summed E-state index contributed by atoms with van der Waals surface area (Å²) < 4.78 is 1.59. The van der Waals surface area contributed by atoms with Crippen LogP contribution in [0, 0.1) is 0 Å². The van der Waals surface area contributed by atoms with Gasteiger partial charge in [-0.3, -0.25) is 4.79 Å². The molecule has 0 saturated carbocycles. The Morgan fingerprint density at radius 1 is 1.62 bits per heavy atom. The Bertz CT molecular complexity index is 350. The SMILES string of the molecule is CC(C(=O)N1CCN[C@@H](C)C1)n1cncn1. The van der Waals surface area contributed by atoms with E-state index >= 15 is 0 Å². The van der Waals surface area contributed by atoms with Crippen molar-refractivity contribution in [2.45, 2.75) is 25.9 Å². The molecule has 6 heteroatoms. The standard InChI is InChI=1S/C10H17N5O/c1-8-5-14(4-3-12-8)10(16)9(2)15-7-11-6-13-15/h6-9,12H,3-5H2,1-2H3/t8-,9?/m0/s1. The highest BCUT2D eigenvalue weighted by Gasteiger charge is 2.25. The summed E-state index contributed by atoms with van der Waals surface area (Å²) in [5.41, 5.74) is 0. The maximum atomic E-state index is 12.2. The third kappa shape index (κ3) is 2.21. The number of nitrogens with one attached hydrogen (secondary N) is 1. The van der Waals surface area contributed by atoms with E-state index in [0.29, 0.717) is 6.04 Å². The average molecular weight is 223 g/mol. The summed E-state index contributed by atoms with van der Waals surface area (Å²) in [6.07, 6.45) is 3.03. The minimum Gasteiger partial charge on any atom is -0.338 e. The van der Waals surface area contributed by atoms with Gasteiger partial charge >= 0.3 is 0 Å². The molecule has 0 spiro atoms. The van der Waals surface area contributed by atoms with Crippen LogP contribution < -0.4 is 5.32 Å². The lowest BCUT2D eigenvalue weighted by Gasteiger charge is -2.33. The van der Waals surface area contributed by atoms with Crippen LogP contribution in [0.3, 0.4) is 0 Å². The first-order chi connectivity index (χ1) is 7.68. The van der Waals surface area contributed by atoms with E-state index in [9.17, 15) is 4.79 Å². The summed E-state index contributed by atoms with van der Waals surface area (Å²) in [4.78, 5) is 17.9. The van der Waals surface area contributed by atoms with Gasteiger partial charge in [-0.1, -0.05) is 0 Å². The van der Waals surface area contributed by atoms with Crippen LogP contribution in [-0.2, 0) is 4.79 Å². The van der Waals surface area contributed by atoms with Gasteiger partial charge in [0.05, 0.1) is 0 Å². The average Bonchev–Trinajstić information content (AvgIpc) is 2.80. The predicted octanol–water partition coefficient (Wildman–Crippen LogP) is -0.341. The Kier molecular flexibility index (Phi) is 3.19. The van der Waals surface area contributed by atoms with Crippen molar-refractivity contribution in [3.8, 4) is 0 Å². The Labute approximate surface area is 94.6 Å². The van der Waals surface area contributed by atoms with Crippen molar-refractivity contribution in [3.05, 3.63) is 12.7 Å². The smallest absolute Gasteiger partial charge is 0.247 e. The molecule has 1 aromatic heterocycles. The van der Waals surface area contributed by atoms with Gasteiger partial charge in [0.2, 0.25) is 5.91 Å². The molecule has 1 unspecified atom stereocenters. The van der Waals surface area contributed by atoms with Crippen LogP contribution in [0.15, 0.2) is 12.7 Å². The van der Waals surface area contributed by atoms with Crippen molar-refractivity contribution in [1.29, 1.82) is 0 Å². The number of amides is 1. The van der Waals surface area contributed by atoms with Gasteiger partial charge in [0.15, 0.2) is 0 Å². The Hall–Kier alpha value is -1.43. The number of aromatic nitrogens is 3. The Balaban J connectivity index is 2.01. The van der Waals surface area contributed by atoms with Crippen LogP contribution in [0.25, 0.3) is 0 Å². The second-order valence-electron chi connectivity index (χ2n) is 4.19. The quantitative estimate of drug-likeness (QED) is 0.745. The first-order valence-electron chi connectivity index (χ1n) is 5.55. The summed E-state index contributed by atoms with van der Waals surface area (Å²) in [5, 5.41) is 7.31. The van der Waals surface area contributed by atoms with E-state index < -0.39 is 0 Å². The van der Waals surface area contributed by atoms with Crippen molar-refractivity contribution < 1.29 is 4.79 Å². The van der Waals surface area contributed by atoms with Crippen LogP contribution in [0.1, 0.15) is 19.9 Å². The van der Waals surface area contributed by atoms with E-state index in [1.54, 1.807) is 11.0 Å². The molecule has 0 aliphatic carbocycles. The topological polar surface area (TPSA) is 63.1 Å². The van der Waals surface area contributed by atoms with Gasteiger partial charge in [-0.05, 0) is 13.8 Å². The molecule has 16 heavy (non-hydrogen) atoms. The molecule has 1 saturated heterocycles. The molecule has 1 aliphatic heterocycles. The number of carbonyl (C=O) groups is 1. The van der Waals surface area contributed by atoms with Gasteiger partial charge in [0.1, 0.15) is 18.7 Å². The molecule has 2 heterocycles. The van der Waals surface area contributed by atoms with Gasteiger partial charge in [-0.2, -0.15) is 5.10 Å². The molecular weight excluding hydrogens is 206 g/mol. The van der Waals surface area contributed by atoms with E-state index in [4.69, 9.17) is 0 Å². The fourth-order valence-electron chi connectivity index (χ4n) is 1.93. The number of carbonyl (C=O) groups excluding carboxylic acids is 1. The summed E-state index contributed by atoms with van der Waals surface area (Å²) in [6.45, 7) is 6.32. The number of hydrogen-bond donors (Lipinski definition) is 1. The Morgan fingerprint density at radius 2 is 2.44 bits per heavy atom. The molecule has 0 aromatic carbocycles. The van der Waals surface area contributed by atoms with Crippen molar-refractivity contribution in [1.82, 2.24) is 25.0 Å². The monoisotopic (exact) mass is 223 g/mol. The van der Waals surface area contributed by atoms with Crippen molar-refractivity contribution in [3.63, 3.8) is 0 Å². The second kappa shape index (κ2) is 4.61. The van der Waals surface area contributed by atoms with Gasteiger partial charge in [-0.15, -0.1) is 0 Å². The van der Waals surface area contributed by atoms with Gasteiger partial charge in [-0.25, -0.2) is 9.67 Å². The first-order valence-corrected chi connectivity index (χ1v) is 5.55. The maximum Gasteiger partial charge on any atom is 0.247 e. The van der Waals surface area contributed by atoms with Crippen molar-refractivity contribution in [2.24, 2.45) is 0 Å². The van der Waals surface area contributed by atoms with E-state index in [1.165, 1.54) is 6.33 Å². The van der Waals surface area contributed by atoms with Gasteiger partial charge in [0, 0.05) is 25.7 Å². The zero-order valence-electron chi connectivity index (χ0n) is 9.63. The number of piperazine rings is 1. The van der Waals surface area contributed by atoms with Gasteiger partial charge in [0.25, 0.3) is 0 Å². The fourth-order valence-corrected chi connectivity index (χ4v) is 1.93. The summed E-state index contributed by atoms with van der Waals surface area (Å²) >= 11 is 0. The van der Waals surface area contributed by atoms with E-state index in [0.717, 1.165) is 19.6 Å². The summed E-state index contributed by atoms with van der Waals surface area (Å²) in [7, 11) is 0. The normalized spacial score (nSPS) is 23.1. The molecule has 0 radical (unpaired) electrons. The molecule has 88 valence electrons. The molecule has 2 rings (SSSR count). The predicted molar refractivity (Wildman–Crippen MR) is 58.8 cm³/mol. The highest BCUT2D eigenvalue weighted by atomic mass is 16.2. The van der Waals surface area contributed by atoms with Gasteiger partial charge < -0.3 is 10.2 Å². The molecule has 1 fully saturated rings. The first kappa shape index (κ1) is 11.1. The van der Waals surface area contributed by atoms with Crippen molar-refractivity contribution in [2.75, 3.05) is 19.6 Å². The van der Waals surface area contributed by atoms with E-state index in [1.807, 2.05) is 11.8 Å². The molecule has 0 bridgehead atoms. The lowest BCUT2D eigenvalue weighted by Crippen LogP contribution is -2.52. The van der Waals surface area contributed by atoms with Crippen LogP contribution in [0.4, 0.5) is 0 Å². The maximum absolute atomic E-state index is 12.2. The summed E-state index contributed by atoms with van der Waals surface area (Å²) in [5.74, 6) is 0.110. The lowest BCUT2D eigenvalue weighted by molar-refractivity contribution is -0.135. The third-order valence-corrected chi connectivity index (χ3v) is 2.87. The van der Waals surface area contributed by atoms with Crippen LogP contribution in [0.5, 0.6) is 0 Å². The van der Waals surface area contributed by atoms with Crippen LogP contribution in [0.2, 0.25) is 0 Å². The second-order valence-corrected chi connectivity index (χ2v) is 4.19. The van der Waals surface area contributed by atoms with E-state index in [-0.39, 0.29) is 11.9 Å². The van der Waals surface area contributed by atoms with Crippen LogP contribution in [-0.4, -0.2) is 51.2 Å². The molecule has 6 nitrogen and oxygen atoms in total. The zero-order valence-corrected chi connectivity index (χ0v) is 9.63. The number of hydrogen-bond acceptors (Lipinski definition) is 4. The Morgan fingerprint density at radius 3 is 3.06 bits per heavy atom.